The Morgan fingerprint density at radius 2 is 1.74 bits per heavy atom. The van der Waals surface area contributed by atoms with Gasteiger partial charge in [-0.1, -0.05) is 74.5 Å². The highest BCUT2D eigenvalue weighted by Crippen LogP contribution is 2.31. The number of Topliss-reactive ketones (excluding diaryl/α,β-unsaturated/α-hetero) is 1. The molecule has 1 fully saturated rings. The van der Waals surface area contributed by atoms with Crippen LogP contribution in [0.5, 0.6) is 0 Å². The van der Waals surface area contributed by atoms with Crippen LogP contribution in [0.25, 0.3) is 17.1 Å². The number of hydrogen-bond acceptors (Lipinski definition) is 5. The Hall–Kier alpha value is -3.16. The highest BCUT2D eigenvalue weighted by atomic mass is 32.2. The lowest BCUT2D eigenvalue weighted by molar-refractivity contribution is 0.0957. The van der Waals surface area contributed by atoms with Crippen LogP contribution in [-0.2, 0) is 16.7 Å². The third-order valence-corrected chi connectivity index (χ3v) is 8.48. The molecule has 39 heavy (non-hydrogen) atoms. The Kier molecular flexibility index (Phi) is 7.83. The van der Waals surface area contributed by atoms with Gasteiger partial charge < -0.3 is 9.30 Å². The zero-order chi connectivity index (χ0) is 27.7. The summed E-state index contributed by atoms with van der Waals surface area (Å²) < 4.78 is 10.1. The highest BCUT2D eigenvalue weighted by Gasteiger charge is 2.23. The maximum atomic E-state index is 13.4. The van der Waals surface area contributed by atoms with Gasteiger partial charge in [0.15, 0.2) is 16.8 Å². The monoisotopic (exact) mass is 542 g/mol. The van der Waals surface area contributed by atoms with Crippen molar-refractivity contribution < 1.29 is 9.53 Å². The smallest absolute Gasteiger partial charge is 0.196 e. The van der Waals surface area contributed by atoms with E-state index in [1.807, 2.05) is 13.0 Å². The molecule has 0 spiro atoms. The fourth-order valence-corrected chi connectivity index (χ4v) is 6.00. The molecule has 0 amide bonds. The first-order valence-corrected chi connectivity index (χ1v) is 14.7. The van der Waals surface area contributed by atoms with Crippen LogP contribution in [0.3, 0.4) is 0 Å². The summed E-state index contributed by atoms with van der Waals surface area (Å²) in [7, 11) is 0. The number of thioether (sulfide) groups is 1. The summed E-state index contributed by atoms with van der Waals surface area (Å²) in [4.78, 5) is 13.4. The van der Waals surface area contributed by atoms with Crippen LogP contribution in [0.1, 0.15) is 66.5 Å². The Bertz CT molecular complexity index is 1450. The largest absolute Gasteiger partial charge is 0.376 e. The molecule has 1 aliphatic heterocycles. The summed E-state index contributed by atoms with van der Waals surface area (Å²) in [6.45, 7) is 14.4. The average Bonchev–Trinajstić information content (AvgIpc) is 3.64. The van der Waals surface area contributed by atoms with Crippen molar-refractivity contribution >= 4 is 17.5 Å². The van der Waals surface area contributed by atoms with Crippen molar-refractivity contribution in [2.24, 2.45) is 0 Å². The van der Waals surface area contributed by atoms with Crippen molar-refractivity contribution in [3.63, 3.8) is 0 Å². The van der Waals surface area contributed by atoms with Crippen LogP contribution < -0.4 is 0 Å². The van der Waals surface area contributed by atoms with Gasteiger partial charge in [-0.3, -0.25) is 9.36 Å². The maximum absolute atomic E-state index is 13.4. The molecule has 7 heteroatoms. The number of hydrogen-bond donors (Lipinski definition) is 0. The van der Waals surface area contributed by atoms with Crippen LogP contribution >= 0.6 is 11.8 Å². The van der Waals surface area contributed by atoms with E-state index in [0.717, 1.165) is 60.0 Å². The van der Waals surface area contributed by atoms with Gasteiger partial charge in [-0.05, 0) is 62.8 Å². The molecule has 0 saturated carbocycles. The van der Waals surface area contributed by atoms with Crippen LogP contribution in [0.2, 0.25) is 0 Å². The number of carbonyl (C=O) groups is 1. The minimum Gasteiger partial charge on any atom is -0.376 e. The SMILES string of the molecule is Cc1ccc(-n2c(SCC(=O)c3cc(C)n(CC4CCCO4)c3C)nnc2-c2ccc(C(C)(C)C)cc2)cc1. The molecule has 3 heterocycles. The molecule has 5 rings (SSSR count). The second kappa shape index (κ2) is 11.1. The van der Waals surface area contributed by atoms with Crippen LogP contribution in [0.15, 0.2) is 59.8 Å². The zero-order valence-corrected chi connectivity index (χ0v) is 24.6. The Balaban J connectivity index is 1.41. The molecule has 1 aliphatic rings. The van der Waals surface area contributed by atoms with Crippen LogP contribution in [0, 0.1) is 20.8 Å². The summed E-state index contributed by atoms with van der Waals surface area (Å²) in [6.07, 6.45) is 2.42. The average molecular weight is 543 g/mol. The standard InChI is InChI=1S/C32H38N4O2S/c1-21-9-15-26(16-10-21)36-30(24-11-13-25(14-12-24)32(4,5)6)33-34-31(36)39-20-29(37)28-18-22(2)35(23(28)3)19-27-8-7-17-38-27/h9-16,18,27H,7-8,17,19-20H2,1-6H3. The second-order valence-electron chi connectivity index (χ2n) is 11.5. The van der Waals surface area contributed by atoms with E-state index in [0.29, 0.717) is 5.16 Å². The van der Waals surface area contributed by atoms with E-state index in [1.165, 1.54) is 22.9 Å². The van der Waals surface area contributed by atoms with Crippen molar-refractivity contribution in [3.05, 3.63) is 82.7 Å². The summed E-state index contributed by atoms with van der Waals surface area (Å²) in [6, 6.07) is 18.9. The molecular weight excluding hydrogens is 504 g/mol. The van der Waals surface area contributed by atoms with E-state index in [1.54, 1.807) is 0 Å². The summed E-state index contributed by atoms with van der Waals surface area (Å²) in [5.74, 6) is 1.15. The first-order chi connectivity index (χ1) is 18.6. The fraction of sp³-hybridized carbons (Fsp3) is 0.406. The Labute approximate surface area is 235 Å². The number of ketones is 1. The molecule has 1 atom stereocenters. The van der Waals surface area contributed by atoms with Gasteiger partial charge in [-0.25, -0.2) is 0 Å². The third-order valence-electron chi connectivity index (χ3n) is 7.55. The van der Waals surface area contributed by atoms with Crippen molar-refractivity contribution in [2.75, 3.05) is 12.4 Å². The Morgan fingerprint density at radius 1 is 1.03 bits per heavy atom. The Morgan fingerprint density at radius 3 is 2.38 bits per heavy atom. The predicted octanol–water partition coefficient (Wildman–Crippen LogP) is 7.11. The van der Waals surface area contributed by atoms with E-state index >= 15 is 0 Å². The molecule has 1 unspecified atom stereocenters. The number of aryl methyl sites for hydroxylation is 2. The number of aromatic nitrogens is 4. The van der Waals surface area contributed by atoms with Crippen molar-refractivity contribution in [1.82, 2.24) is 19.3 Å². The zero-order valence-electron chi connectivity index (χ0n) is 23.8. The molecule has 0 N–H and O–H groups in total. The molecule has 4 aromatic rings. The molecule has 6 nitrogen and oxygen atoms in total. The lowest BCUT2D eigenvalue weighted by Gasteiger charge is -2.19. The second-order valence-corrected chi connectivity index (χ2v) is 12.5. The molecule has 1 saturated heterocycles. The van der Waals surface area contributed by atoms with Crippen molar-refractivity contribution in [2.45, 2.75) is 77.6 Å². The molecule has 0 bridgehead atoms. The van der Waals surface area contributed by atoms with E-state index in [4.69, 9.17) is 4.74 Å². The quantitative estimate of drug-likeness (QED) is 0.175. The van der Waals surface area contributed by atoms with E-state index < -0.39 is 0 Å². The van der Waals surface area contributed by atoms with E-state index in [-0.39, 0.29) is 23.1 Å². The number of nitrogens with zero attached hydrogens (tertiary/aromatic N) is 4. The normalized spacial score (nSPS) is 15.7. The van der Waals surface area contributed by atoms with Crippen molar-refractivity contribution in [1.29, 1.82) is 0 Å². The van der Waals surface area contributed by atoms with Gasteiger partial charge in [0.2, 0.25) is 0 Å². The topological polar surface area (TPSA) is 61.9 Å². The number of rotatable bonds is 8. The summed E-state index contributed by atoms with van der Waals surface area (Å²) >= 11 is 1.43. The van der Waals surface area contributed by atoms with Gasteiger partial charge in [-0.2, -0.15) is 0 Å². The fourth-order valence-electron chi connectivity index (χ4n) is 5.16. The highest BCUT2D eigenvalue weighted by molar-refractivity contribution is 7.99. The molecular formula is C32H38N4O2S. The lowest BCUT2D eigenvalue weighted by atomic mass is 9.87. The minimum atomic E-state index is 0.0735. The van der Waals surface area contributed by atoms with Crippen LogP contribution in [-0.4, -0.2) is 43.6 Å². The minimum absolute atomic E-state index is 0.0735. The van der Waals surface area contributed by atoms with E-state index in [9.17, 15) is 4.79 Å². The molecule has 2 aromatic heterocycles. The van der Waals surface area contributed by atoms with Gasteiger partial charge in [0.1, 0.15) is 0 Å². The van der Waals surface area contributed by atoms with Crippen molar-refractivity contribution in [3.8, 4) is 17.1 Å². The third kappa shape index (κ3) is 5.89. The lowest BCUT2D eigenvalue weighted by Crippen LogP contribution is -2.17. The van der Waals surface area contributed by atoms with Gasteiger partial charge in [0.25, 0.3) is 0 Å². The van der Waals surface area contributed by atoms with Gasteiger partial charge >= 0.3 is 0 Å². The van der Waals surface area contributed by atoms with Gasteiger partial charge in [0, 0.05) is 41.4 Å². The number of carbonyl (C=O) groups excluding carboxylic acids is 1. The first-order valence-electron chi connectivity index (χ1n) is 13.7. The summed E-state index contributed by atoms with van der Waals surface area (Å²) in [5, 5.41) is 9.83. The van der Waals surface area contributed by atoms with E-state index in [2.05, 4.69) is 102 Å². The number of benzene rings is 2. The predicted molar refractivity (Wildman–Crippen MR) is 158 cm³/mol. The first kappa shape index (κ1) is 27.4. The van der Waals surface area contributed by atoms with Gasteiger partial charge in [-0.15, -0.1) is 10.2 Å². The maximum Gasteiger partial charge on any atom is 0.196 e. The summed E-state index contributed by atoms with van der Waals surface area (Å²) in [5.41, 5.74) is 7.38. The molecule has 0 radical (unpaired) electrons. The van der Waals surface area contributed by atoms with Gasteiger partial charge in [0.05, 0.1) is 11.9 Å². The number of ether oxygens (including phenoxy) is 1. The molecule has 204 valence electrons. The molecule has 0 aliphatic carbocycles. The van der Waals surface area contributed by atoms with Crippen LogP contribution in [0.4, 0.5) is 0 Å². The molecule has 2 aromatic carbocycles.